The maximum Gasteiger partial charge on any atom is 0.225 e. The van der Waals surface area contributed by atoms with Crippen molar-refractivity contribution in [3.05, 3.63) is 23.8 Å². The molecule has 1 aliphatic heterocycles. The highest BCUT2D eigenvalue weighted by Gasteiger charge is 2.42. The Morgan fingerprint density at radius 3 is 2.24 bits per heavy atom. The van der Waals surface area contributed by atoms with E-state index in [0.717, 1.165) is 24.8 Å². The van der Waals surface area contributed by atoms with Crippen LogP contribution >= 0.6 is 0 Å². The molecule has 7 unspecified atom stereocenters. The topological polar surface area (TPSA) is 108 Å². The fourth-order valence-electron chi connectivity index (χ4n) is 6.09. The zero-order valence-electron chi connectivity index (χ0n) is 27.9. The Kier molecular flexibility index (Phi) is 17.2. The zero-order chi connectivity index (χ0) is 32.0. The van der Waals surface area contributed by atoms with E-state index in [0.29, 0.717) is 19.4 Å². The molecule has 0 aromatic heterocycles. The Bertz CT molecular complexity index is 904. The molecular formula is C33H59N3O6. The number of hydrogen-bond donors (Lipinski definition) is 2. The van der Waals surface area contributed by atoms with E-state index >= 15 is 0 Å². The molecule has 9 nitrogen and oxygen atoms in total. The molecule has 9 heteroatoms. The highest BCUT2D eigenvalue weighted by molar-refractivity contribution is 5.81. The molecule has 0 aliphatic carbocycles. The number of likely N-dealkylation sites (N-methyl/N-ethyl adjacent to an activating group) is 1. The van der Waals surface area contributed by atoms with Gasteiger partial charge in [0.2, 0.25) is 17.7 Å². The van der Waals surface area contributed by atoms with Gasteiger partial charge in [0, 0.05) is 34.2 Å². The minimum absolute atomic E-state index is 0.0524. The van der Waals surface area contributed by atoms with Gasteiger partial charge in [0.25, 0.3) is 0 Å². The third-order valence-electron chi connectivity index (χ3n) is 8.69. The predicted octanol–water partition coefficient (Wildman–Crippen LogP) is 4.34. The molecule has 1 aliphatic rings. The van der Waals surface area contributed by atoms with Crippen LogP contribution in [0.1, 0.15) is 87.0 Å². The molecule has 7 atom stereocenters. The Hall–Kier alpha value is -2.23. The third kappa shape index (κ3) is 10.8. The van der Waals surface area contributed by atoms with Gasteiger partial charge in [-0.15, -0.1) is 0 Å². The second-order valence-corrected chi connectivity index (χ2v) is 12.2. The number of rotatable bonds is 18. The number of nitrogens with zero attached hydrogens (tertiary/aromatic N) is 2. The number of carbonyl (C=O) groups excluding carboxylic acids is 3. The second-order valence-electron chi connectivity index (χ2n) is 12.2. The van der Waals surface area contributed by atoms with Gasteiger partial charge in [-0.25, -0.2) is 0 Å². The number of carbonyl (C=O) groups is 3. The summed E-state index contributed by atoms with van der Waals surface area (Å²) in [5.74, 6) is -0.381. The summed E-state index contributed by atoms with van der Waals surface area (Å²) in [6.07, 6.45) is 8.40. The predicted molar refractivity (Wildman–Crippen MR) is 168 cm³/mol. The van der Waals surface area contributed by atoms with Gasteiger partial charge in [0.15, 0.2) is 0 Å². The Balaban J connectivity index is 3.08. The van der Waals surface area contributed by atoms with Crippen LogP contribution in [0.15, 0.2) is 23.8 Å². The van der Waals surface area contributed by atoms with E-state index in [1.165, 1.54) is 0 Å². The average molecular weight is 594 g/mol. The lowest BCUT2D eigenvalue weighted by molar-refractivity contribution is -0.146. The first kappa shape index (κ1) is 37.8. The van der Waals surface area contributed by atoms with Gasteiger partial charge >= 0.3 is 0 Å². The maximum absolute atomic E-state index is 13.8. The van der Waals surface area contributed by atoms with Gasteiger partial charge in [0.1, 0.15) is 0 Å². The van der Waals surface area contributed by atoms with Gasteiger partial charge in [-0.05, 0) is 44.9 Å². The van der Waals surface area contributed by atoms with Crippen LogP contribution in [0.3, 0.4) is 0 Å². The van der Waals surface area contributed by atoms with E-state index in [1.807, 2.05) is 64.8 Å². The minimum Gasteiger partial charge on any atom is -0.394 e. The molecule has 0 spiro atoms. The molecule has 3 amide bonds. The Morgan fingerprint density at radius 1 is 1.07 bits per heavy atom. The minimum atomic E-state index is -0.538. The van der Waals surface area contributed by atoms with Crippen LogP contribution in [0.25, 0.3) is 0 Å². The van der Waals surface area contributed by atoms with Crippen LogP contribution in [0.2, 0.25) is 0 Å². The van der Waals surface area contributed by atoms with Crippen LogP contribution in [0, 0.1) is 17.8 Å². The largest absolute Gasteiger partial charge is 0.394 e. The van der Waals surface area contributed by atoms with Gasteiger partial charge in [-0.3, -0.25) is 14.4 Å². The number of likely N-dealkylation sites (tertiary alicyclic amines) is 1. The lowest BCUT2D eigenvalue weighted by Gasteiger charge is -2.39. The molecule has 0 bridgehead atoms. The number of aliphatic hydroxyl groups is 1. The van der Waals surface area contributed by atoms with Crippen LogP contribution in [-0.4, -0.2) is 97.4 Å². The monoisotopic (exact) mass is 593 g/mol. The van der Waals surface area contributed by atoms with Gasteiger partial charge < -0.3 is 29.7 Å². The summed E-state index contributed by atoms with van der Waals surface area (Å²) in [5.41, 5.74) is 1.03. The maximum atomic E-state index is 13.8. The van der Waals surface area contributed by atoms with E-state index in [2.05, 4.69) is 19.2 Å². The van der Waals surface area contributed by atoms with Crippen molar-refractivity contribution in [3.63, 3.8) is 0 Å². The van der Waals surface area contributed by atoms with Crippen LogP contribution in [0.4, 0.5) is 0 Å². The van der Waals surface area contributed by atoms with Gasteiger partial charge in [0.05, 0.1) is 49.3 Å². The molecule has 0 aromatic carbocycles. The van der Waals surface area contributed by atoms with Gasteiger partial charge in [-0.1, -0.05) is 64.8 Å². The van der Waals surface area contributed by atoms with E-state index in [-0.39, 0.29) is 54.7 Å². The van der Waals surface area contributed by atoms with E-state index < -0.39 is 24.2 Å². The molecule has 1 rings (SSSR count). The van der Waals surface area contributed by atoms with Crippen molar-refractivity contribution in [1.82, 2.24) is 15.1 Å². The molecule has 2 N–H and O–H groups in total. The summed E-state index contributed by atoms with van der Waals surface area (Å²) in [6.45, 7) is 14.3. The standard InChI is InChI=1S/C33H59N3O6/c1-11-15-25(13-3)19-26(21-37)34-33(40)24(7)32(42-10)27-16-14-17-36(27)30(39)20-28(41-9)31(23(6)12-2)35(8)29(38)18-22(4)5/h11,13,15,22-24,26-28,31-32,37H,12,14,16-21H2,1-10H3,(H,34,40)/b15-11-,25-13+. The molecule has 0 radical (unpaired) electrons. The van der Waals surface area contributed by atoms with E-state index in [9.17, 15) is 19.5 Å². The fourth-order valence-corrected chi connectivity index (χ4v) is 6.09. The first-order valence-corrected chi connectivity index (χ1v) is 15.7. The fraction of sp³-hybridized carbons (Fsp3) is 0.788. The lowest BCUT2D eigenvalue weighted by atomic mass is 9.90. The van der Waals surface area contributed by atoms with Crippen LogP contribution in [0.5, 0.6) is 0 Å². The molecule has 1 saturated heterocycles. The highest BCUT2D eigenvalue weighted by atomic mass is 16.5. The average Bonchev–Trinajstić information content (AvgIpc) is 3.45. The normalized spacial score (nSPS) is 20.3. The van der Waals surface area contributed by atoms with Crippen molar-refractivity contribution >= 4 is 17.7 Å². The molecule has 242 valence electrons. The number of methoxy groups -OCH3 is 2. The third-order valence-corrected chi connectivity index (χ3v) is 8.69. The molecule has 0 saturated carbocycles. The van der Waals surface area contributed by atoms with Crippen molar-refractivity contribution in [2.45, 2.75) is 117 Å². The molecular weight excluding hydrogens is 534 g/mol. The number of ether oxygens (including phenoxy) is 2. The summed E-state index contributed by atoms with van der Waals surface area (Å²) in [6, 6.07) is -0.916. The van der Waals surface area contributed by atoms with Crippen molar-refractivity contribution in [1.29, 1.82) is 0 Å². The lowest BCUT2D eigenvalue weighted by Crippen LogP contribution is -2.53. The number of hydrogen-bond acceptors (Lipinski definition) is 6. The van der Waals surface area contributed by atoms with Crippen molar-refractivity contribution in [3.8, 4) is 0 Å². The summed E-state index contributed by atoms with van der Waals surface area (Å²) in [4.78, 5) is 43.7. The zero-order valence-corrected chi connectivity index (χ0v) is 27.9. The van der Waals surface area contributed by atoms with Crippen molar-refractivity contribution in [2.75, 3.05) is 34.4 Å². The summed E-state index contributed by atoms with van der Waals surface area (Å²) in [7, 11) is 5.00. The first-order valence-electron chi connectivity index (χ1n) is 15.7. The molecule has 1 heterocycles. The molecule has 1 fully saturated rings. The smallest absolute Gasteiger partial charge is 0.225 e. The highest BCUT2D eigenvalue weighted by Crippen LogP contribution is 2.29. The SMILES string of the molecule is C/C=C\C(=C/C)CC(CO)NC(=O)C(C)C(OC)C1CCCN1C(=O)CC(OC)C(C(C)CC)N(C)C(=O)CC(C)C. The van der Waals surface area contributed by atoms with Crippen molar-refractivity contribution in [2.24, 2.45) is 17.8 Å². The quantitative estimate of drug-likeness (QED) is 0.229. The summed E-state index contributed by atoms with van der Waals surface area (Å²) >= 11 is 0. The molecule has 42 heavy (non-hydrogen) atoms. The Labute approximate surface area is 255 Å². The van der Waals surface area contributed by atoms with Gasteiger partial charge in [-0.2, -0.15) is 0 Å². The summed E-state index contributed by atoms with van der Waals surface area (Å²) < 4.78 is 11.8. The van der Waals surface area contributed by atoms with Crippen LogP contribution < -0.4 is 5.32 Å². The Morgan fingerprint density at radius 2 is 1.74 bits per heavy atom. The second kappa shape index (κ2) is 19.1. The van der Waals surface area contributed by atoms with E-state index in [4.69, 9.17) is 9.47 Å². The summed E-state index contributed by atoms with van der Waals surface area (Å²) in [5, 5.41) is 12.9. The van der Waals surface area contributed by atoms with Crippen molar-refractivity contribution < 1.29 is 29.0 Å². The number of aliphatic hydroxyl groups excluding tert-OH is 1. The first-order chi connectivity index (χ1) is 19.9. The van der Waals surface area contributed by atoms with E-state index in [1.54, 1.807) is 19.1 Å². The molecule has 0 aromatic rings. The van der Waals surface area contributed by atoms with Crippen LogP contribution in [-0.2, 0) is 23.9 Å². The number of amides is 3. The number of allylic oxidation sites excluding steroid dienone is 3. The number of nitrogens with one attached hydrogen (secondary N) is 1.